The number of benzene rings is 1. The third-order valence-electron chi connectivity index (χ3n) is 2.93. The number of carbonyl (C=O) groups excluding carboxylic acids is 1. The van der Waals surface area contributed by atoms with Crippen LogP contribution in [-0.2, 0) is 19.6 Å². The number of hydrogen-bond donors (Lipinski definition) is 1. The van der Waals surface area contributed by atoms with E-state index < -0.39 is 22.1 Å². The van der Waals surface area contributed by atoms with Crippen molar-refractivity contribution in [2.45, 2.75) is 24.3 Å². The van der Waals surface area contributed by atoms with Crippen molar-refractivity contribution in [1.82, 2.24) is 4.31 Å². The first-order valence-electron chi connectivity index (χ1n) is 6.10. The largest absolute Gasteiger partial charge is 0.469 e. The number of sulfonamides is 1. The Balaban J connectivity index is 2.84. The molecule has 0 spiro atoms. The van der Waals surface area contributed by atoms with Crippen LogP contribution in [0.1, 0.15) is 25.0 Å². The molecule has 0 aliphatic carbocycles. The Hall–Kier alpha value is -1.44. The average Bonchev–Trinajstić information content (AvgIpc) is 2.44. The molecular formula is C13H19NO5S. The van der Waals surface area contributed by atoms with Gasteiger partial charge < -0.3 is 9.84 Å². The van der Waals surface area contributed by atoms with Gasteiger partial charge in [-0.25, -0.2) is 12.7 Å². The molecule has 0 saturated heterocycles. The summed E-state index contributed by atoms with van der Waals surface area (Å²) in [6.07, 6.45) is -0.651. The van der Waals surface area contributed by atoms with E-state index in [0.29, 0.717) is 5.56 Å². The van der Waals surface area contributed by atoms with Crippen molar-refractivity contribution < 1.29 is 23.1 Å². The maximum atomic E-state index is 12.2. The normalized spacial score (nSPS) is 13.2. The summed E-state index contributed by atoms with van der Waals surface area (Å²) in [5.41, 5.74) is 0.640. The van der Waals surface area contributed by atoms with Crippen molar-refractivity contribution in [3.63, 3.8) is 0 Å². The Morgan fingerprint density at radius 2 is 1.90 bits per heavy atom. The summed E-state index contributed by atoms with van der Waals surface area (Å²) in [5.74, 6) is -0.462. The molecule has 1 rings (SSSR count). The van der Waals surface area contributed by atoms with Gasteiger partial charge >= 0.3 is 5.97 Å². The van der Waals surface area contributed by atoms with Crippen LogP contribution in [0, 0.1) is 0 Å². The number of hydrogen-bond acceptors (Lipinski definition) is 5. The highest BCUT2D eigenvalue weighted by atomic mass is 32.2. The number of carbonyl (C=O) groups is 1. The first-order chi connectivity index (χ1) is 9.28. The van der Waals surface area contributed by atoms with Crippen LogP contribution in [0.25, 0.3) is 0 Å². The molecule has 1 unspecified atom stereocenters. The molecule has 20 heavy (non-hydrogen) atoms. The fraction of sp³-hybridized carbons (Fsp3) is 0.462. The Morgan fingerprint density at radius 3 is 2.35 bits per heavy atom. The number of aliphatic hydroxyl groups excluding tert-OH is 1. The zero-order valence-electron chi connectivity index (χ0n) is 11.7. The Labute approximate surface area is 119 Å². The summed E-state index contributed by atoms with van der Waals surface area (Å²) in [6, 6.07) is 6.00. The second-order valence-electron chi connectivity index (χ2n) is 4.40. The van der Waals surface area contributed by atoms with E-state index in [0.717, 1.165) is 4.31 Å². The highest BCUT2D eigenvalue weighted by Gasteiger charge is 2.21. The van der Waals surface area contributed by atoms with E-state index in [1.54, 1.807) is 19.1 Å². The molecule has 1 aromatic rings. The van der Waals surface area contributed by atoms with E-state index in [9.17, 15) is 18.3 Å². The van der Waals surface area contributed by atoms with Crippen LogP contribution in [0.5, 0.6) is 0 Å². The zero-order valence-corrected chi connectivity index (χ0v) is 12.6. The van der Waals surface area contributed by atoms with Crippen LogP contribution in [0.15, 0.2) is 29.2 Å². The summed E-state index contributed by atoms with van der Waals surface area (Å²) in [7, 11) is -0.982. The van der Waals surface area contributed by atoms with Crippen LogP contribution in [-0.4, -0.2) is 44.5 Å². The molecule has 0 heterocycles. The third-order valence-corrected chi connectivity index (χ3v) is 4.80. The number of esters is 1. The lowest BCUT2D eigenvalue weighted by atomic mass is 10.1. The second-order valence-corrected chi connectivity index (χ2v) is 6.44. The molecule has 1 N–H and O–H groups in total. The highest BCUT2D eigenvalue weighted by Crippen LogP contribution is 2.18. The number of ether oxygens (including phenoxy) is 1. The number of rotatable bonds is 6. The predicted octanol–water partition coefficient (Wildman–Crippen LogP) is 0.923. The molecule has 6 nitrogen and oxygen atoms in total. The van der Waals surface area contributed by atoms with E-state index in [-0.39, 0.29) is 17.9 Å². The van der Waals surface area contributed by atoms with Gasteiger partial charge in [0.05, 0.1) is 24.5 Å². The van der Waals surface area contributed by atoms with Crippen molar-refractivity contribution in [2.75, 3.05) is 20.7 Å². The summed E-state index contributed by atoms with van der Waals surface area (Å²) in [5, 5.41) is 9.39. The molecule has 0 fully saturated rings. The minimum absolute atomic E-state index is 0.00200. The van der Waals surface area contributed by atoms with Crippen LogP contribution in [0.3, 0.4) is 0 Å². The van der Waals surface area contributed by atoms with E-state index in [2.05, 4.69) is 4.74 Å². The van der Waals surface area contributed by atoms with Gasteiger partial charge in [-0.2, -0.15) is 0 Å². The molecule has 0 amide bonds. The number of aliphatic hydroxyl groups is 1. The van der Waals surface area contributed by atoms with Gasteiger partial charge in [0.2, 0.25) is 10.0 Å². The Kier molecular flexibility index (Phi) is 5.67. The van der Waals surface area contributed by atoms with E-state index in [1.807, 2.05) is 0 Å². The van der Waals surface area contributed by atoms with Gasteiger partial charge in [-0.15, -0.1) is 0 Å². The van der Waals surface area contributed by atoms with Crippen molar-refractivity contribution in [1.29, 1.82) is 0 Å². The first kappa shape index (κ1) is 16.6. The number of nitrogens with zero attached hydrogens (tertiary/aromatic N) is 1. The van der Waals surface area contributed by atoms with Crippen LogP contribution in [0.2, 0.25) is 0 Å². The third kappa shape index (κ3) is 4.03. The van der Waals surface area contributed by atoms with Crippen LogP contribution >= 0.6 is 0 Å². The fourth-order valence-corrected chi connectivity index (χ4v) is 2.74. The molecule has 112 valence electrons. The van der Waals surface area contributed by atoms with Gasteiger partial charge in [0.1, 0.15) is 0 Å². The van der Waals surface area contributed by atoms with Gasteiger partial charge in [-0.3, -0.25) is 4.79 Å². The van der Waals surface area contributed by atoms with Gasteiger partial charge in [0.15, 0.2) is 0 Å². The summed E-state index contributed by atoms with van der Waals surface area (Å²) >= 11 is 0. The van der Waals surface area contributed by atoms with Gasteiger partial charge in [-0.1, -0.05) is 12.1 Å². The van der Waals surface area contributed by atoms with Crippen molar-refractivity contribution in [3.05, 3.63) is 29.8 Å². The topological polar surface area (TPSA) is 83.9 Å². The van der Waals surface area contributed by atoms with Crippen LogP contribution in [0.4, 0.5) is 0 Å². The average molecular weight is 301 g/mol. The molecule has 0 radical (unpaired) electrons. The van der Waals surface area contributed by atoms with E-state index in [1.165, 1.54) is 26.3 Å². The Bertz CT molecular complexity index is 551. The van der Waals surface area contributed by atoms with Gasteiger partial charge in [-0.05, 0) is 24.6 Å². The van der Waals surface area contributed by atoms with Gasteiger partial charge in [0.25, 0.3) is 0 Å². The maximum Gasteiger partial charge on any atom is 0.306 e. The summed E-state index contributed by atoms with van der Waals surface area (Å²) in [4.78, 5) is 11.1. The molecule has 1 aromatic carbocycles. The summed E-state index contributed by atoms with van der Waals surface area (Å²) in [6.45, 7) is 1.65. The monoisotopic (exact) mass is 301 g/mol. The fourth-order valence-electron chi connectivity index (χ4n) is 1.57. The van der Waals surface area contributed by atoms with Crippen LogP contribution < -0.4 is 0 Å². The first-order valence-corrected chi connectivity index (χ1v) is 7.54. The maximum absolute atomic E-state index is 12.2. The lowest BCUT2D eigenvalue weighted by Crippen LogP contribution is -2.29. The quantitative estimate of drug-likeness (QED) is 0.790. The molecule has 7 heteroatoms. The molecule has 0 saturated carbocycles. The molecule has 0 aliphatic heterocycles. The second kappa shape index (κ2) is 6.83. The molecule has 0 aromatic heterocycles. The predicted molar refractivity (Wildman–Crippen MR) is 73.5 cm³/mol. The Morgan fingerprint density at radius 1 is 1.35 bits per heavy atom. The highest BCUT2D eigenvalue weighted by molar-refractivity contribution is 7.89. The molecular weight excluding hydrogens is 282 g/mol. The van der Waals surface area contributed by atoms with Crippen molar-refractivity contribution >= 4 is 16.0 Å². The van der Waals surface area contributed by atoms with E-state index >= 15 is 0 Å². The molecule has 1 atom stereocenters. The number of methoxy groups -OCH3 is 1. The molecule has 0 bridgehead atoms. The van der Waals surface area contributed by atoms with Crippen molar-refractivity contribution in [3.8, 4) is 0 Å². The zero-order chi connectivity index (χ0) is 15.3. The minimum Gasteiger partial charge on any atom is -0.469 e. The van der Waals surface area contributed by atoms with E-state index in [4.69, 9.17) is 0 Å². The van der Waals surface area contributed by atoms with Crippen molar-refractivity contribution in [2.24, 2.45) is 0 Å². The van der Waals surface area contributed by atoms with Gasteiger partial charge in [0, 0.05) is 13.6 Å². The standard InChI is InChI=1S/C13H19NO5S/c1-10(15)11-4-6-12(7-5-11)20(17,18)14(2)9-8-13(16)19-3/h4-7,10,15H,8-9H2,1-3H3. The SMILES string of the molecule is COC(=O)CCN(C)S(=O)(=O)c1ccc(C(C)O)cc1. The lowest BCUT2D eigenvalue weighted by Gasteiger charge is -2.17. The lowest BCUT2D eigenvalue weighted by molar-refractivity contribution is -0.140. The summed E-state index contributed by atoms with van der Waals surface area (Å²) < 4.78 is 30.0. The smallest absolute Gasteiger partial charge is 0.306 e. The molecule has 0 aliphatic rings. The minimum atomic E-state index is -3.64.